The van der Waals surface area contributed by atoms with Gasteiger partial charge in [-0.2, -0.15) is 0 Å². The van der Waals surface area contributed by atoms with Gasteiger partial charge in [0.1, 0.15) is 0 Å². The summed E-state index contributed by atoms with van der Waals surface area (Å²) in [6.45, 7) is 0.113. The molecule has 1 aliphatic heterocycles. The lowest BCUT2D eigenvalue weighted by atomic mass is 10.2. The number of hydrogen-bond donors (Lipinski definition) is 2. The number of carbonyl (C=O) groups excluding carboxylic acids is 3. The Morgan fingerprint density at radius 1 is 0.882 bits per heavy atom. The van der Waals surface area contributed by atoms with E-state index in [0.29, 0.717) is 34.2 Å². The third-order valence-electron chi connectivity index (χ3n) is 4.79. The molecule has 4 rings (SSSR count). The van der Waals surface area contributed by atoms with E-state index in [9.17, 15) is 14.4 Å². The first kappa shape index (κ1) is 23.2. The molecule has 0 saturated heterocycles. The molecular formula is C25H22N2O6S. The van der Waals surface area contributed by atoms with Crippen molar-refractivity contribution < 1.29 is 28.6 Å². The fourth-order valence-electron chi connectivity index (χ4n) is 3.13. The minimum atomic E-state index is -0.630. The third kappa shape index (κ3) is 6.29. The fourth-order valence-corrected chi connectivity index (χ4v) is 3.97. The molecule has 9 heteroatoms. The van der Waals surface area contributed by atoms with Crippen molar-refractivity contribution in [3.05, 3.63) is 83.9 Å². The molecule has 0 saturated carbocycles. The van der Waals surface area contributed by atoms with Gasteiger partial charge in [-0.15, -0.1) is 11.8 Å². The topological polar surface area (TPSA) is 103 Å². The van der Waals surface area contributed by atoms with Crippen LogP contribution in [0.5, 0.6) is 11.5 Å². The van der Waals surface area contributed by atoms with Gasteiger partial charge in [0.2, 0.25) is 12.7 Å². The Balaban J connectivity index is 1.26. The molecule has 1 heterocycles. The molecule has 0 bridgehead atoms. The third-order valence-corrected chi connectivity index (χ3v) is 5.86. The Bertz CT molecular complexity index is 1190. The molecule has 0 spiro atoms. The van der Waals surface area contributed by atoms with Crippen molar-refractivity contribution in [1.29, 1.82) is 0 Å². The van der Waals surface area contributed by atoms with Gasteiger partial charge in [0, 0.05) is 23.2 Å². The lowest BCUT2D eigenvalue weighted by Gasteiger charge is -2.10. The number of anilines is 1. The van der Waals surface area contributed by atoms with Crippen LogP contribution in [0.4, 0.5) is 5.69 Å². The van der Waals surface area contributed by atoms with Crippen LogP contribution in [0.15, 0.2) is 77.7 Å². The molecule has 34 heavy (non-hydrogen) atoms. The number of thioether (sulfide) groups is 1. The van der Waals surface area contributed by atoms with Gasteiger partial charge in [0.15, 0.2) is 18.1 Å². The fraction of sp³-hybridized carbons (Fsp3) is 0.160. The van der Waals surface area contributed by atoms with E-state index in [2.05, 4.69) is 10.6 Å². The van der Waals surface area contributed by atoms with Crippen molar-refractivity contribution in [1.82, 2.24) is 5.32 Å². The smallest absolute Gasteiger partial charge is 0.339 e. The first-order valence-corrected chi connectivity index (χ1v) is 11.5. The first-order chi connectivity index (χ1) is 16.6. The van der Waals surface area contributed by atoms with Crippen molar-refractivity contribution in [2.24, 2.45) is 0 Å². The average molecular weight is 479 g/mol. The van der Waals surface area contributed by atoms with E-state index in [4.69, 9.17) is 14.2 Å². The largest absolute Gasteiger partial charge is 0.454 e. The summed E-state index contributed by atoms with van der Waals surface area (Å²) >= 11 is 1.20. The summed E-state index contributed by atoms with van der Waals surface area (Å²) in [5.41, 5.74) is 1.83. The van der Waals surface area contributed by atoms with Gasteiger partial charge in [0.05, 0.1) is 11.3 Å². The second kappa shape index (κ2) is 11.2. The van der Waals surface area contributed by atoms with Gasteiger partial charge in [-0.1, -0.05) is 42.5 Å². The van der Waals surface area contributed by atoms with Crippen LogP contribution in [0.1, 0.15) is 15.9 Å². The lowest BCUT2D eigenvalue weighted by molar-refractivity contribution is -0.124. The molecule has 0 aliphatic carbocycles. The van der Waals surface area contributed by atoms with Gasteiger partial charge in [-0.3, -0.25) is 9.59 Å². The van der Waals surface area contributed by atoms with E-state index in [0.717, 1.165) is 5.56 Å². The number of rotatable bonds is 9. The molecule has 0 fully saturated rings. The van der Waals surface area contributed by atoms with E-state index >= 15 is 0 Å². The van der Waals surface area contributed by atoms with E-state index in [-0.39, 0.29) is 18.5 Å². The van der Waals surface area contributed by atoms with Crippen LogP contribution in [0, 0.1) is 0 Å². The summed E-state index contributed by atoms with van der Waals surface area (Å²) in [4.78, 5) is 37.6. The minimum absolute atomic E-state index is 0.0797. The standard InChI is InChI=1S/C25H22N2O6S/c28-23(26-13-17-6-2-1-3-7-17)14-31-25(30)19-8-4-5-9-22(19)34-15-24(29)27-18-10-11-20-21(12-18)33-16-32-20/h1-12H,13-16H2,(H,26,28)(H,27,29). The zero-order valence-corrected chi connectivity index (χ0v) is 18.9. The predicted octanol–water partition coefficient (Wildman–Crippen LogP) is 3.62. The lowest BCUT2D eigenvalue weighted by Crippen LogP contribution is -2.28. The Morgan fingerprint density at radius 2 is 1.65 bits per heavy atom. The number of amides is 2. The quantitative estimate of drug-likeness (QED) is 0.358. The highest BCUT2D eigenvalue weighted by molar-refractivity contribution is 8.00. The number of hydrogen-bond acceptors (Lipinski definition) is 7. The van der Waals surface area contributed by atoms with Crippen LogP contribution in [0.25, 0.3) is 0 Å². The molecule has 8 nitrogen and oxygen atoms in total. The number of nitrogens with one attached hydrogen (secondary N) is 2. The highest BCUT2D eigenvalue weighted by atomic mass is 32.2. The van der Waals surface area contributed by atoms with E-state index < -0.39 is 18.5 Å². The van der Waals surface area contributed by atoms with Crippen LogP contribution in [0.2, 0.25) is 0 Å². The van der Waals surface area contributed by atoms with Gasteiger partial charge in [-0.05, 0) is 29.8 Å². The van der Waals surface area contributed by atoms with Crippen LogP contribution in [0.3, 0.4) is 0 Å². The number of benzene rings is 3. The summed E-state index contributed by atoms with van der Waals surface area (Å²) in [6.07, 6.45) is 0. The zero-order valence-electron chi connectivity index (χ0n) is 18.1. The molecule has 3 aromatic rings. The second-order valence-electron chi connectivity index (χ2n) is 7.24. The van der Waals surface area contributed by atoms with Gasteiger partial charge in [-0.25, -0.2) is 4.79 Å². The summed E-state index contributed by atoms with van der Waals surface area (Å²) in [5, 5.41) is 5.50. The number of fused-ring (bicyclic) bond motifs is 1. The van der Waals surface area contributed by atoms with E-state index in [1.807, 2.05) is 30.3 Å². The number of esters is 1. The van der Waals surface area contributed by atoms with Crippen molar-refractivity contribution in [2.45, 2.75) is 11.4 Å². The van der Waals surface area contributed by atoms with Crippen molar-refractivity contribution in [2.75, 3.05) is 24.5 Å². The van der Waals surface area contributed by atoms with E-state index in [1.165, 1.54) is 11.8 Å². The summed E-state index contributed by atoms with van der Waals surface area (Å²) < 4.78 is 15.7. The molecular weight excluding hydrogens is 456 g/mol. The average Bonchev–Trinajstić information content (AvgIpc) is 3.33. The first-order valence-electron chi connectivity index (χ1n) is 10.5. The SMILES string of the molecule is O=C(COC(=O)c1ccccc1SCC(=O)Nc1ccc2c(c1)OCO2)NCc1ccccc1. The second-order valence-corrected chi connectivity index (χ2v) is 8.26. The molecule has 1 aliphatic rings. The number of ether oxygens (including phenoxy) is 3. The Labute approximate surface area is 200 Å². The highest BCUT2D eigenvalue weighted by Gasteiger charge is 2.17. The number of carbonyl (C=O) groups is 3. The summed E-state index contributed by atoms with van der Waals surface area (Å²) in [5.74, 6) is 0.0165. The maximum atomic E-state index is 12.5. The van der Waals surface area contributed by atoms with Gasteiger partial charge >= 0.3 is 5.97 Å². The molecule has 0 radical (unpaired) electrons. The maximum absolute atomic E-state index is 12.5. The Morgan fingerprint density at radius 3 is 2.50 bits per heavy atom. The van der Waals surface area contributed by atoms with Crippen LogP contribution >= 0.6 is 11.8 Å². The van der Waals surface area contributed by atoms with Crippen LogP contribution in [-0.4, -0.2) is 36.9 Å². The van der Waals surface area contributed by atoms with Gasteiger partial charge < -0.3 is 24.8 Å². The summed E-state index contributed by atoms with van der Waals surface area (Å²) in [7, 11) is 0. The molecule has 0 atom stereocenters. The Kier molecular flexibility index (Phi) is 7.67. The van der Waals surface area contributed by atoms with Crippen LogP contribution in [-0.2, 0) is 20.9 Å². The molecule has 3 aromatic carbocycles. The molecule has 0 unspecified atom stereocenters. The summed E-state index contributed by atoms with van der Waals surface area (Å²) in [6, 6.07) is 21.4. The highest BCUT2D eigenvalue weighted by Crippen LogP contribution is 2.34. The van der Waals surface area contributed by atoms with Crippen molar-refractivity contribution in [3.63, 3.8) is 0 Å². The normalized spacial score (nSPS) is 11.5. The molecule has 2 N–H and O–H groups in total. The molecule has 0 aromatic heterocycles. The zero-order chi connectivity index (χ0) is 23.8. The van der Waals surface area contributed by atoms with Crippen molar-refractivity contribution in [3.8, 4) is 11.5 Å². The molecule has 2 amide bonds. The van der Waals surface area contributed by atoms with Gasteiger partial charge in [0.25, 0.3) is 5.91 Å². The van der Waals surface area contributed by atoms with Crippen molar-refractivity contribution >= 4 is 35.2 Å². The monoisotopic (exact) mass is 478 g/mol. The minimum Gasteiger partial charge on any atom is -0.454 e. The van der Waals surface area contributed by atoms with Crippen LogP contribution < -0.4 is 20.1 Å². The predicted molar refractivity (Wildman–Crippen MR) is 127 cm³/mol. The molecule has 174 valence electrons. The van der Waals surface area contributed by atoms with E-state index in [1.54, 1.807) is 42.5 Å². The Hall–Kier alpha value is -3.98. The maximum Gasteiger partial charge on any atom is 0.339 e.